The number of thiol groups is 1. The van der Waals surface area contributed by atoms with Crippen molar-refractivity contribution in [1.82, 2.24) is 0 Å². The van der Waals surface area contributed by atoms with Crippen LogP contribution in [0.5, 0.6) is 0 Å². The first-order valence-corrected chi connectivity index (χ1v) is 5.79. The molecule has 4 heavy (non-hydrogen) atoms. The van der Waals surface area contributed by atoms with E-state index in [0.717, 1.165) is 0 Å². The quantitative estimate of drug-likeness (QED) is 0.333. The Balaban J connectivity index is 2.32. The van der Waals surface area contributed by atoms with Crippen LogP contribution >= 0.6 is 12.1 Å². The maximum absolute atomic E-state index is 4.10. The first-order valence-electron chi connectivity index (χ1n) is 1.41. The van der Waals surface area contributed by atoms with Crippen LogP contribution in [0.2, 0.25) is 13.1 Å². The van der Waals surface area contributed by atoms with Crippen LogP contribution in [0.4, 0.5) is 0 Å². The van der Waals surface area contributed by atoms with Crippen molar-refractivity contribution in [3.8, 4) is 0 Å². The first-order chi connectivity index (χ1) is 1.73. The molecule has 2 heteroatoms. The molecule has 0 atom stereocenters. The molecule has 0 aromatic carbocycles. The third-order valence-corrected chi connectivity index (χ3v) is 0. The Kier molecular flexibility index (Phi) is 2.11. The average molecular weight is 92.2 g/mol. The van der Waals surface area contributed by atoms with Gasteiger partial charge in [-0.2, -0.15) is 0 Å². The third-order valence-electron chi connectivity index (χ3n) is 0. The molecule has 26 valence electrons. The summed E-state index contributed by atoms with van der Waals surface area (Å²) >= 11 is 4.10. The number of hydrogen-bond acceptors (Lipinski definition) is 1. The van der Waals surface area contributed by atoms with Crippen molar-refractivity contribution in [3.63, 3.8) is 0 Å². The molecule has 0 spiro atoms. The van der Waals surface area contributed by atoms with Crippen LogP contribution in [0.1, 0.15) is 0 Å². The van der Waals surface area contributed by atoms with Crippen molar-refractivity contribution in [3.05, 3.63) is 0 Å². The Morgan fingerprint density at radius 1 is 1.50 bits per heavy atom. The van der Waals surface area contributed by atoms with Gasteiger partial charge in [0.1, 0.15) is 0 Å². The van der Waals surface area contributed by atoms with E-state index < -0.39 is 7.95 Å². The monoisotopic (exact) mass is 92.0 g/mol. The van der Waals surface area contributed by atoms with Gasteiger partial charge in [0.2, 0.25) is 0 Å². The Bertz CT molecular complexity index is 10.8. The summed E-state index contributed by atoms with van der Waals surface area (Å²) < 4.78 is 0. The van der Waals surface area contributed by atoms with E-state index >= 15 is 0 Å². The van der Waals surface area contributed by atoms with Crippen LogP contribution in [0.3, 0.4) is 0 Å². The van der Waals surface area contributed by atoms with Crippen LogP contribution in [-0.4, -0.2) is 7.95 Å². The van der Waals surface area contributed by atoms with Gasteiger partial charge in [-0.1, -0.05) is 13.1 Å². The topological polar surface area (TPSA) is 0 Å². The minimum Gasteiger partial charge on any atom is -0.206 e. The summed E-state index contributed by atoms with van der Waals surface area (Å²) in [5, 5.41) is 0. The normalized spacial score (nSPS) is 9.00. The highest BCUT2D eigenvalue weighted by atomic mass is 32.3. The van der Waals surface area contributed by atoms with Gasteiger partial charge in [0.05, 0.1) is 7.95 Å². The van der Waals surface area contributed by atoms with Crippen molar-refractivity contribution in [1.29, 1.82) is 0 Å². The Morgan fingerprint density at radius 2 is 1.50 bits per heavy atom. The highest BCUT2D eigenvalue weighted by Gasteiger charge is 1.73. The molecule has 0 unspecified atom stereocenters. The molecule has 0 saturated carbocycles. The van der Waals surface area contributed by atoms with Gasteiger partial charge in [0.25, 0.3) is 0 Å². The van der Waals surface area contributed by atoms with Crippen LogP contribution in [0.25, 0.3) is 0 Å². The SMILES string of the molecule is C[SiH](C)S. The molecule has 0 aliphatic heterocycles. The molecule has 0 amide bonds. The van der Waals surface area contributed by atoms with Crippen LogP contribution < -0.4 is 0 Å². The van der Waals surface area contributed by atoms with Crippen LogP contribution in [0.15, 0.2) is 0 Å². The predicted octanol–water partition coefficient (Wildman–Crippen LogP) is 0.900. The summed E-state index contributed by atoms with van der Waals surface area (Å²) in [5.74, 6) is 0. The fourth-order valence-corrected chi connectivity index (χ4v) is 0. The molecule has 0 fully saturated rings. The highest BCUT2D eigenvalue weighted by Crippen LogP contribution is 1.78. The molecule has 0 nitrogen and oxygen atoms in total. The molecular weight excluding hydrogens is 84.2 g/mol. The van der Waals surface area contributed by atoms with Crippen molar-refractivity contribution in [2.45, 2.75) is 13.1 Å². The van der Waals surface area contributed by atoms with E-state index in [4.69, 9.17) is 0 Å². The van der Waals surface area contributed by atoms with Crippen LogP contribution in [-0.2, 0) is 0 Å². The van der Waals surface area contributed by atoms with Gasteiger partial charge in [0, 0.05) is 0 Å². The van der Waals surface area contributed by atoms with Crippen molar-refractivity contribution in [2.75, 3.05) is 0 Å². The molecule has 0 rings (SSSR count). The molecule has 0 heterocycles. The fraction of sp³-hybridized carbons (Fsp3) is 1.00. The average Bonchev–Trinajstić information content (AvgIpc) is 0.811. The first kappa shape index (κ1) is 4.57. The molecule has 0 radical (unpaired) electrons. The molecule has 0 saturated heterocycles. The Morgan fingerprint density at radius 3 is 1.50 bits per heavy atom. The van der Waals surface area contributed by atoms with Gasteiger partial charge < -0.3 is 0 Å². The van der Waals surface area contributed by atoms with Crippen molar-refractivity contribution in [2.24, 2.45) is 0 Å². The molecule has 0 aromatic heterocycles. The van der Waals surface area contributed by atoms with E-state index in [2.05, 4.69) is 25.2 Å². The summed E-state index contributed by atoms with van der Waals surface area (Å²) in [7, 11) is -0.444. The summed E-state index contributed by atoms with van der Waals surface area (Å²) in [6.45, 7) is 4.34. The summed E-state index contributed by atoms with van der Waals surface area (Å²) in [4.78, 5) is 0. The van der Waals surface area contributed by atoms with Crippen molar-refractivity contribution >= 4 is 20.0 Å². The second-order valence-corrected chi connectivity index (χ2v) is 6.38. The minimum atomic E-state index is -0.444. The van der Waals surface area contributed by atoms with E-state index in [1.807, 2.05) is 0 Å². The Hall–Kier alpha value is 0.567. The van der Waals surface area contributed by atoms with Gasteiger partial charge >= 0.3 is 0 Å². The smallest absolute Gasteiger partial charge is 0.0910 e. The zero-order valence-corrected chi connectivity index (χ0v) is 5.07. The molecule has 0 bridgehead atoms. The minimum absolute atomic E-state index is 0.444. The summed E-state index contributed by atoms with van der Waals surface area (Å²) in [6, 6.07) is 0. The zero-order chi connectivity index (χ0) is 3.58. The van der Waals surface area contributed by atoms with E-state index in [0.29, 0.717) is 0 Å². The fourth-order valence-electron chi connectivity index (χ4n) is 0. The molecular formula is C2H8SSi. The van der Waals surface area contributed by atoms with Gasteiger partial charge in [-0.3, -0.25) is 0 Å². The summed E-state index contributed by atoms with van der Waals surface area (Å²) in [6.07, 6.45) is 0. The predicted molar refractivity (Wildman–Crippen MR) is 27.9 cm³/mol. The van der Waals surface area contributed by atoms with Gasteiger partial charge in [-0.05, 0) is 0 Å². The van der Waals surface area contributed by atoms with E-state index in [9.17, 15) is 0 Å². The number of rotatable bonds is 0. The second-order valence-electron chi connectivity index (χ2n) is 1.09. The molecule has 0 aliphatic carbocycles. The lowest BCUT2D eigenvalue weighted by Gasteiger charge is -1.75. The molecule has 0 N–H and O–H groups in total. The van der Waals surface area contributed by atoms with Gasteiger partial charge in [-0.15, -0.1) is 0 Å². The lowest BCUT2D eigenvalue weighted by molar-refractivity contribution is 2.12. The lowest BCUT2D eigenvalue weighted by Crippen LogP contribution is -1.79. The van der Waals surface area contributed by atoms with Gasteiger partial charge in [-0.25, -0.2) is 12.1 Å². The van der Waals surface area contributed by atoms with Crippen molar-refractivity contribution < 1.29 is 0 Å². The Labute approximate surface area is 33.9 Å². The zero-order valence-electron chi connectivity index (χ0n) is 3.02. The second kappa shape index (κ2) is 1.85. The largest absolute Gasteiger partial charge is 0.206 e. The third kappa shape index (κ3) is 19.6. The van der Waals surface area contributed by atoms with Crippen LogP contribution in [0, 0.1) is 0 Å². The number of hydrogen-bond donors (Lipinski definition) is 1. The van der Waals surface area contributed by atoms with E-state index in [-0.39, 0.29) is 0 Å². The maximum Gasteiger partial charge on any atom is 0.0910 e. The highest BCUT2D eigenvalue weighted by molar-refractivity contribution is 8.10. The maximum atomic E-state index is 4.10. The van der Waals surface area contributed by atoms with E-state index in [1.165, 1.54) is 0 Å². The lowest BCUT2D eigenvalue weighted by atomic mass is 11.9. The standard InChI is InChI=1S/C2H8SSi/c1-4(2)3/h3-4H,1-2H3. The van der Waals surface area contributed by atoms with E-state index in [1.54, 1.807) is 0 Å². The van der Waals surface area contributed by atoms with Gasteiger partial charge in [0.15, 0.2) is 0 Å². The molecule has 0 aliphatic rings. The summed E-state index contributed by atoms with van der Waals surface area (Å²) in [5.41, 5.74) is 0. The molecule has 0 aromatic rings.